The van der Waals surface area contributed by atoms with Crippen LogP contribution in [-0.2, 0) is 7.05 Å². The number of rotatable bonds is 5. The number of carbonyl (C=O) groups excluding carboxylic acids is 1. The average molecular weight is 488 g/mol. The number of benzene rings is 1. The van der Waals surface area contributed by atoms with Gasteiger partial charge in [-0.3, -0.25) is 9.78 Å². The molecule has 1 N–H and O–H groups in total. The Kier molecular flexibility index (Phi) is 5.69. The number of hydrogen-bond donors (Lipinski definition) is 1. The van der Waals surface area contributed by atoms with E-state index in [1.165, 1.54) is 23.1 Å². The van der Waals surface area contributed by atoms with E-state index in [1.807, 2.05) is 43.3 Å². The molecule has 0 saturated heterocycles. The van der Waals surface area contributed by atoms with Crippen LogP contribution >= 0.6 is 39.0 Å². The Labute approximate surface area is 182 Å². The van der Waals surface area contributed by atoms with E-state index in [9.17, 15) is 4.79 Å². The topological polar surface area (TPSA) is 98.5 Å². The number of carbonyl (C=O) groups is 1. The zero-order chi connectivity index (χ0) is 20.4. The van der Waals surface area contributed by atoms with Gasteiger partial charge >= 0.3 is 0 Å². The fourth-order valence-electron chi connectivity index (χ4n) is 2.48. The van der Waals surface area contributed by atoms with Gasteiger partial charge in [-0.05, 0) is 59.4 Å². The van der Waals surface area contributed by atoms with Crippen molar-refractivity contribution in [3.8, 4) is 10.7 Å². The molecular formula is C18H14BrN7OS2. The molecule has 0 fully saturated rings. The van der Waals surface area contributed by atoms with Crippen LogP contribution < -0.4 is 5.32 Å². The average Bonchev–Trinajstić information content (AvgIpc) is 3.30. The summed E-state index contributed by atoms with van der Waals surface area (Å²) in [6.07, 6.45) is 1.71. The second kappa shape index (κ2) is 8.39. The van der Waals surface area contributed by atoms with Gasteiger partial charge in [0, 0.05) is 22.6 Å². The standard InChI is InChI=1S/C18H14BrN7OS2/c1-10-15(29-17(21-10)12-5-3-4-8-20-12)16(27)22-13-9-11(19)6-7-14(13)28-18-23-24-25-26(18)2/h3-9H,1-2H3,(H,22,27). The van der Waals surface area contributed by atoms with Crippen LogP contribution in [0.25, 0.3) is 10.7 Å². The van der Waals surface area contributed by atoms with Crippen molar-refractivity contribution < 1.29 is 4.79 Å². The molecule has 0 atom stereocenters. The van der Waals surface area contributed by atoms with Crippen molar-refractivity contribution in [1.29, 1.82) is 0 Å². The molecule has 0 spiro atoms. The number of anilines is 1. The van der Waals surface area contributed by atoms with Crippen molar-refractivity contribution in [2.45, 2.75) is 17.0 Å². The van der Waals surface area contributed by atoms with Crippen molar-refractivity contribution in [2.24, 2.45) is 7.05 Å². The highest BCUT2D eigenvalue weighted by molar-refractivity contribution is 9.10. The van der Waals surface area contributed by atoms with Gasteiger partial charge in [-0.15, -0.1) is 16.4 Å². The van der Waals surface area contributed by atoms with Gasteiger partial charge < -0.3 is 5.32 Å². The quantitative estimate of drug-likeness (QED) is 0.450. The SMILES string of the molecule is Cc1nc(-c2ccccn2)sc1C(=O)Nc1cc(Br)ccc1Sc1nnnn1C. The van der Waals surface area contributed by atoms with Crippen LogP contribution in [0.4, 0.5) is 5.69 Å². The Morgan fingerprint density at radius 3 is 2.86 bits per heavy atom. The lowest BCUT2D eigenvalue weighted by molar-refractivity contribution is 0.102. The third-order valence-corrected chi connectivity index (χ3v) is 6.64. The van der Waals surface area contributed by atoms with E-state index in [1.54, 1.807) is 17.9 Å². The predicted octanol–water partition coefficient (Wildman–Crippen LogP) is 4.20. The zero-order valence-corrected chi connectivity index (χ0v) is 18.5. The van der Waals surface area contributed by atoms with Gasteiger partial charge in [-0.25, -0.2) is 9.67 Å². The first-order chi connectivity index (χ1) is 14.0. The summed E-state index contributed by atoms with van der Waals surface area (Å²) in [5, 5.41) is 15.8. The van der Waals surface area contributed by atoms with Gasteiger partial charge in [0.25, 0.3) is 5.91 Å². The van der Waals surface area contributed by atoms with Crippen molar-refractivity contribution in [1.82, 2.24) is 30.2 Å². The van der Waals surface area contributed by atoms with Crippen LogP contribution in [-0.4, -0.2) is 36.1 Å². The smallest absolute Gasteiger partial charge is 0.267 e. The third kappa shape index (κ3) is 4.36. The molecule has 0 bridgehead atoms. The number of amides is 1. The second-order valence-corrected chi connectivity index (χ2v) is 8.85. The molecule has 0 aliphatic carbocycles. The molecule has 3 heterocycles. The molecule has 4 aromatic rings. The fourth-order valence-corrected chi connectivity index (χ4v) is 4.58. The van der Waals surface area contributed by atoms with E-state index in [0.717, 1.165) is 15.1 Å². The molecule has 0 radical (unpaired) electrons. The monoisotopic (exact) mass is 487 g/mol. The highest BCUT2D eigenvalue weighted by Gasteiger charge is 2.19. The molecule has 11 heteroatoms. The summed E-state index contributed by atoms with van der Waals surface area (Å²) in [7, 11) is 1.76. The van der Waals surface area contributed by atoms with E-state index in [4.69, 9.17) is 0 Å². The van der Waals surface area contributed by atoms with Crippen LogP contribution in [0.5, 0.6) is 0 Å². The van der Waals surface area contributed by atoms with Crippen LogP contribution in [0.1, 0.15) is 15.4 Å². The lowest BCUT2D eigenvalue weighted by atomic mass is 10.3. The van der Waals surface area contributed by atoms with Crippen LogP contribution in [0, 0.1) is 6.92 Å². The Morgan fingerprint density at radius 1 is 1.28 bits per heavy atom. The lowest BCUT2D eigenvalue weighted by Crippen LogP contribution is -2.12. The molecular weight excluding hydrogens is 474 g/mol. The zero-order valence-electron chi connectivity index (χ0n) is 15.3. The van der Waals surface area contributed by atoms with Crippen molar-refractivity contribution in [3.63, 3.8) is 0 Å². The van der Waals surface area contributed by atoms with Crippen molar-refractivity contribution >= 4 is 50.6 Å². The number of aryl methyl sites for hydroxylation is 2. The Bertz CT molecular complexity index is 1180. The summed E-state index contributed by atoms with van der Waals surface area (Å²) in [6.45, 7) is 1.82. The highest BCUT2D eigenvalue weighted by Crippen LogP contribution is 2.35. The van der Waals surface area contributed by atoms with Gasteiger partial charge in [0.1, 0.15) is 9.88 Å². The van der Waals surface area contributed by atoms with Gasteiger partial charge in [0.2, 0.25) is 5.16 Å². The molecule has 4 rings (SSSR count). The van der Waals surface area contributed by atoms with E-state index >= 15 is 0 Å². The molecule has 8 nitrogen and oxygen atoms in total. The molecule has 29 heavy (non-hydrogen) atoms. The van der Waals surface area contributed by atoms with Gasteiger partial charge in [-0.2, -0.15) is 0 Å². The molecule has 0 aliphatic rings. The van der Waals surface area contributed by atoms with E-state index in [-0.39, 0.29) is 5.91 Å². The maximum atomic E-state index is 13.0. The summed E-state index contributed by atoms with van der Waals surface area (Å²) in [4.78, 5) is 23.2. The maximum Gasteiger partial charge on any atom is 0.267 e. The molecule has 146 valence electrons. The number of tetrazole rings is 1. The number of pyridine rings is 1. The molecule has 1 aromatic carbocycles. The predicted molar refractivity (Wildman–Crippen MR) is 115 cm³/mol. The number of halogens is 1. The first-order valence-corrected chi connectivity index (χ1v) is 10.8. The second-order valence-electron chi connectivity index (χ2n) is 5.93. The van der Waals surface area contributed by atoms with E-state index < -0.39 is 0 Å². The van der Waals surface area contributed by atoms with Crippen molar-refractivity contribution in [3.05, 3.63) is 57.6 Å². The molecule has 0 unspecified atom stereocenters. The fraction of sp³-hybridized carbons (Fsp3) is 0.111. The first-order valence-electron chi connectivity index (χ1n) is 8.41. The summed E-state index contributed by atoms with van der Waals surface area (Å²) in [5.41, 5.74) is 2.06. The van der Waals surface area contributed by atoms with Crippen LogP contribution in [0.2, 0.25) is 0 Å². The molecule has 0 saturated carbocycles. The van der Waals surface area contributed by atoms with Crippen LogP contribution in [0.15, 0.2) is 57.1 Å². The molecule has 1 amide bonds. The maximum absolute atomic E-state index is 13.0. The number of thiazole rings is 1. The first kappa shape index (κ1) is 19.7. The Morgan fingerprint density at radius 2 is 2.14 bits per heavy atom. The minimum absolute atomic E-state index is 0.224. The summed E-state index contributed by atoms with van der Waals surface area (Å²) in [6, 6.07) is 11.3. The van der Waals surface area contributed by atoms with Crippen LogP contribution in [0.3, 0.4) is 0 Å². The number of aromatic nitrogens is 6. The Hall–Kier alpha value is -2.63. The number of hydrogen-bond acceptors (Lipinski definition) is 8. The normalized spacial score (nSPS) is 10.9. The summed E-state index contributed by atoms with van der Waals surface area (Å²) < 4.78 is 2.42. The van der Waals surface area contributed by atoms with Gasteiger partial charge in [0.05, 0.1) is 17.1 Å². The largest absolute Gasteiger partial charge is 0.320 e. The highest BCUT2D eigenvalue weighted by atomic mass is 79.9. The lowest BCUT2D eigenvalue weighted by Gasteiger charge is -2.10. The minimum atomic E-state index is -0.224. The number of nitrogens with one attached hydrogen (secondary N) is 1. The Balaban J connectivity index is 1.61. The van der Waals surface area contributed by atoms with E-state index in [0.29, 0.717) is 26.4 Å². The van der Waals surface area contributed by atoms with Gasteiger partial charge in [0.15, 0.2) is 0 Å². The molecule has 3 aromatic heterocycles. The molecule has 0 aliphatic heterocycles. The summed E-state index contributed by atoms with van der Waals surface area (Å²) >= 11 is 6.15. The minimum Gasteiger partial charge on any atom is -0.320 e. The number of nitrogens with zero attached hydrogens (tertiary/aromatic N) is 6. The third-order valence-electron chi connectivity index (χ3n) is 3.86. The van der Waals surface area contributed by atoms with Crippen molar-refractivity contribution in [2.75, 3.05) is 5.32 Å². The summed E-state index contributed by atoms with van der Waals surface area (Å²) in [5.74, 6) is -0.224. The van der Waals surface area contributed by atoms with Gasteiger partial charge in [-0.1, -0.05) is 22.0 Å². The van der Waals surface area contributed by atoms with E-state index in [2.05, 4.69) is 46.7 Å².